The van der Waals surface area contributed by atoms with Crippen LogP contribution in [0.25, 0.3) is 0 Å². The van der Waals surface area contributed by atoms with Gasteiger partial charge in [-0.2, -0.15) is 0 Å². The minimum Gasteiger partial charge on any atom is -0.394 e. The molecule has 9 heteroatoms. The topological polar surface area (TPSA) is 140 Å². The van der Waals surface area contributed by atoms with Crippen molar-refractivity contribution in [2.24, 2.45) is 5.92 Å². The van der Waals surface area contributed by atoms with Crippen molar-refractivity contribution in [2.75, 3.05) is 13.2 Å². The van der Waals surface area contributed by atoms with E-state index < -0.39 is 73.0 Å². The first kappa shape index (κ1) is 16.9. The summed E-state index contributed by atoms with van der Waals surface area (Å²) in [5.41, 5.74) is -1.90. The second-order valence-corrected chi connectivity index (χ2v) is 6.80. The first-order chi connectivity index (χ1) is 10.8. The highest BCUT2D eigenvalue weighted by molar-refractivity contribution is 8.00. The van der Waals surface area contributed by atoms with Crippen LogP contribution < -0.4 is 0 Å². The van der Waals surface area contributed by atoms with Gasteiger partial charge >= 0.3 is 0 Å². The quantitative estimate of drug-likeness (QED) is 0.331. The molecule has 2 fully saturated rings. The van der Waals surface area contributed by atoms with Crippen molar-refractivity contribution < 1.29 is 41.5 Å². The van der Waals surface area contributed by atoms with Crippen LogP contribution in [0, 0.1) is 5.92 Å². The highest BCUT2D eigenvalue weighted by atomic mass is 32.2. The van der Waals surface area contributed by atoms with Crippen LogP contribution in [0.5, 0.6) is 0 Å². The Balaban J connectivity index is 2.07. The van der Waals surface area contributed by atoms with Crippen molar-refractivity contribution >= 4 is 11.8 Å². The molecule has 2 aliphatic heterocycles. The molecule has 2 heterocycles. The molecule has 0 aromatic carbocycles. The third-order valence-electron chi connectivity index (χ3n) is 4.04. The number of aliphatic hydroxyl groups is 6. The lowest BCUT2D eigenvalue weighted by Crippen LogP contribution is -2.55. The van der Waals surface area contributed by atoms with Crippen LogP contribution in [0.2, 0.25) is 0 Å². The Labute approximate surface area is 134 Å². The molecule has 0 radical (unpaired) electrons. The molecule has 0 saturated carbocycles. The molecule has 0 aromatic heterocycles. The Kier molecular flexibility index (Phi) is 5.93. The van der Waals surface area contributed by atoms with Crippen LogP contribution in [-0.2, 0) is 9.47 Å². The van der Waals surface area contributed by atoms with Crippen LogP contribution in [-0.4, -0.2) is 91.3 Å². The van der Waals surface area contributed by atoms with E-state index in [4.69, 9.17) is 10.8 Å². The molecule has 0 aliphatic carbocycles. The van der Waals surface area contributed by atoms with E-state index in [1.165, 1.54) is 0 Å². The van der Waals surface area contributed by atoms with Crippen molar-refractivity contribution in [3.8, 4) is 0 Å². The minimum atomic E-state index is -1.34. The van der Waals surface area contributed by atoms with Gasteiger partial charge in [-0.3, -0.25) is 0 Å². The number of rotatable bonds is 4. The van der Waals surface area contributed by atoms with Gasteiger partial charge in [0.05, 0.1) is 37.6 Å². The van der Waals surface area contributed by atoms with Crippen LogP contribution in [0.15, 0.2) is 0 Å². The van der Waals surface area contributed by atoms with E-state index >= 15 is 0 Å². The van der Waals surface area contributed by atoms with Gasteiger partial charge in [-0.05, 0) is 0 Å². The largest absolute Gasteiger partial charge is 0.394 e. The third kappa shape index (κ3) is 3.74. The first-order valence-corrected chi connectivity index (χ1v) is 8.08. The zero-order valence-corrected chi connectivity index (χ0v) is 12.9. The summed E-state index contributed by atoms with van der Waals surface area (Å²) < 4.78 is 18.6. The van der Waals surface area contributed by atoms with Gasteiger partial charge in [0.1, 0.15) is 23.1 Å². The number of ether oxygens (including phenoxy) is 2. The molecule has 0 aromatic rings. The zero-order chi connectivity index (χ0) is 17.3. The molecule has 130 valence electrons. The predicted molar refractivity (Wildman–Crippen MR) is 76.9 cm³/mol. The van der Waals surface area contributed by atoms with E-state index in [1.54, 1.807) is 6.92 Å². The molecular weight excluding hydrogens is 316 g/mol. The molecule has 2 aliphatic rings. The second-order valence-electron chi connectivity index (χ2n) is 5.60. The van der Waals surface area contributed by atoms with Crippen molar-refractivity contribution in [3.05, 3.63) is 0 Å². The van der Waals surface area contributed by atoms with Crippen molar-refractivity contribution in [1.82, 2.24) is 0 Å². The van der Waals surface area contributed by atoms with Gasteiger partial charge in [-0.1, -0.05) is 18.7 Å². The normalized spacial score (nSPS) is 54.0. The monoisotopic (exact) mass is 341 g/mol. The molecule has 2 rings (SSSR count). The fourth-order valence-corrected chi connectivity index (χ4v) is 3.87. The van der Waals surface area contributed by atoms with Crippen LogP contribution in [0.3, 0.4) is 0 Å². The Morgan fingerprint density at radius 1 is 0.955 bits per heavy atom. The van der Waals surface area contributed by atoms with E-state index in [1.807, 2.05) is 0 Å². The lowest BCUT2D eigenvalue weighted by molar-refractivity contribution is -0.181. The fraction of sp³-hybridized carbons (Fsp3) is 1.00. The highest BCUT2D eigenvalue weighted by Crippen LogP contribution is 2.37. The van der Waals surface area contributed by atoms with Gasteiger partial charge in [0.2, 0.25) is 0 Å². The lowest BCUT2D eigenvalue weighted by atomic mass is 9.92. The molecule has 2 saturated heterocycles. The average Bonchev–Trinajstić information content (AvgIpc) is 2.55. The first-order valence-electron chi connectivity index (χ1n) is 7.72. The minimum absolute atomic E-state index is 0.428. The SMILES string of the molecule is [2H]C1C(O)[C@@H](CO)OC(S[C@@H]2OC(CO)[C@H](O)[C@H](C)C2O)[C@@H]1O. The Morgan fingerprint density at radius 3 is 2.14 bits per heavy atom. The summed E-state index contributed by atoms with van der Waals surface area (Å²) in [6, 6.07) is 0. The van der Waals surface area contributed by atoms with E-state index in [-0.39, 0.29) is 0 Å². The van der Waals surface area contributed by atoms with Crippen molar-refractivity contribution in [3.63, 3.8) is 0 Å². The maximum Gasteiger partial charge on any atom is 0.132 e. The summed E-state index contributed by atoms with van der Waals surface area (Å²) in [6.07, 6.45) is -7.93. The van der Waals surface area contributed by atoms with Crippen LogP contribution in [0.4, 0.5) is 0 Å². The summed E-state index contributed by atoms with van der Waals surface area (Å²) >= 11 is 0.899. The standard InChI is InChI=1S/C13H24O8S/c1-5-10(18)9(4-15)21-13(11(5)19)22-12-7(17)2-6(16)8(3-14)20-12/h5-19H,2-4H2,1H3/t5-,6?,7+,8+,9?,10+,11?,12?,13-/m0/s1/i2D/t2?,5-,6?,7+,8+,9?,10+,11?,12?,13-. The third-order valence-corrected chi connectivity index (χ3v) is 5.35. The molecule has 0 bridgehead atoms. The fourth-order valence-electron chi connectivity index (χ4n) is 2.53. The van der Waals surface area contributed by atoms with E-state index in [2.05, 4.69) is 0 Å². The van der Waals surface area contributed by atoms with Gasteiger partial charge < -0.3 is 40.1 Å². The summed E-state index contributed by atoms with van der Waals surface area (Å²) in [6.45, 7) is 0.672. The van der Waals surface area contributed by atoms with Gasteiger partial charge in [0, 0.05) is 13.7 Å². The van der Waals surface area contributed by atoms with Crippen molar-refractivity contribution in [2.45, 2.75) is 60.8 Å². The molecule has 5 unspecified atom stereocenters. The smallest absolute Gasteiger partial charge is 0.132 e. The van der Waals surface area contributed by atoms with E-state index in [9.17, 15) is 30.6 Å². The summed E-state index contributed by atoms with van der Waals surface area (Å²) in [7, 11) is 0. The average molecular weight is 341 g/mol. The summed E-state index contributed by atoms with van der Waals surface area (Å²) in [5.74, 6) is -0.565. The maximum absolute atomic E-state index is 10.2. The number of aliphatic hydroxyl groups excluding tert-OH is 6. The Bertz CT molecular complexity index is 353. The Morgan fingerprint density at radius 2 is 1.55 bits per heavy atom. The molecule has 0 amide bonds. The molecule has 22 heavy (non-hydrogen) atoms. The lowest BCUT2D eigenvalue weighted by Gasteiger charge is -2.43. The molecule has 10 atom stereocenters. The Hall–Kier alpha value is 0.0300. The van der Waals surface area contributed by atoms with E-state index in [0.29, 0.717) is 0 Å². The van der Waals surface area contributed by atoms with Crippen LogP contribution >= 0.6 is 11.8 Å². The highest BCUT2D eigenvalue weighted by Gasteiger charge is 2.45. The van der Waals surface area contributed by atoms with Gasteiger partial charge in [0.25, 0.3) is 0 Å². The maximum atomic E-state index is 10.2. The summed E-state index contributed by atoms with van der Waals surface area (Å²) in [5, 5.41) is 58.4. The molecule has 8 nitrogen and oxygen atoms in total. The van der Waals surface area contributed by atoms with Gasteiger partial charge in [-0.15, -0.1) is 0 Å². The van der Waals surface area contributed by atoms with Gasteiger partial charge in [-0.25, -0.2) is 0 Å². The summed E-state index contributed by atoms with van der Waals surface area (Å²) in [4.78, 5) is 0. The van der Waals surface area contributed by atoms with Crippen LogP contribution in [0.1, 0.15) is 14.7 Å². The molecule has 6 N–H and O–H groups in total. The predicted octanol–water partition coefficient (Wildman–Crippen LogP) is -2.38. The number of thioether (sulfide) groups is 1. The van der Waals surface area contributed by atoms with E-state index in [0.717, 1.165) is 11.8 Å². The van der Waals surface area contributed by atoms with Crippen molar-refractivity contribution in [1.29, 1.82) is 0 Å². The number of hydrogen-bond donors (Lipinski definition) is 6. The zero-order valence-electron chi connectivity index (χ0n) is 13.1. The second kappa shape index (κ2) is 7.73. The molecule has 0 spiro atoms. The number of hydrogen-bond acceptors (Lipinski definition) is 9. The molecular formula is C13H24O8S. The van der Waals surface area contributed by atoms with Gasteiger partial charge in [0.15, 0.2) is 0 Å².